The highest BCUT2D eigenvalue weighted by Gasteiger charge is 2.32. The highest BCUT2D eigenvalue weighted by atomic mass is 16.2. The van der Waals surface area contributed by atoms with Gasteiger partial charge >= 0.3 is 0 Å². The van der Waals surface area contributed by atoms with Gasteiger partial charge in [-0.15, -0.1) is 0 Å². The summed E-state index contributed by atoms with van der Waals surface area (Å²) in [6.07, 6.45) is 3.59. The first-order valence-electron chi connectivity index (χ1n) is 8.78. The summed E-state index contributed by atoms with van der Waals surface area (Å²) in [4.78, 5) is 45.4. The van der Waals surface area contributed by atoms with Crippen molar-refractivity contribution in [3.8, 4) is 0 Å². The molecule has 7 heteroatoms. The molecule has 2 heterocycles. The Morgan fingerprint density at radius 2 is 2.12 bits per heavy atom. The van der Waals surface area contributed by atoms with E-state index in [0.717, 1.165) is 24.1 Å². The van der Waals surface area contributed by atoms with Crippen molar-refractivity contribution in [3.63, 3.8) is 0 Å². The van der Waals surface area contributed by atoms with Crippen molar-refractivity contribution >= 4 is 17.5 Å². The Hall–Kier alpha value is -2.96. The van der Waals surface area contributed by atoms with Gasteiger partial charge in [0.1, 0.15) is 11.4 Å². The lowest BCUT2D eigenvalue weighted by Gasteiger charge is -2.17. The summed E-state index contributed by atoms with van der Waals surface area (Å²) >= 11 is 0. The Morgan fingerprint density at radius 3 is 2.81 bits per heavy atom. The minimum atomic E-state index is -0.495. The SMILES string of the molecule is Cc1cccc(N2C[C@@H](NC(=O)c3cnc(C4CC4)[nH]c3=O)CC2=O)c1. The smallest absolute Gasteiger partial charge is 0.263 e. The fourth-order valence-electron chi connectivity index (χ4n) is 3.25. The number of carbonyl (C=O) groups excluding carboxylic acids is 2. The number of hydrogen-bond acceptors (Lipinski definition) is 4. The largest absolute Gasteiger partial charge is 0.347 e. The van der Waals surface area contributed by atoms with E-state index in [-0.39, 0.29) is 23.9 Å². The van der Waals surface area contributed by atoms with Crippen molar-refractivity contribution in [2.45, 2.75) is 38.1 Å². The molecular weight excluding hydrogens is 332 g/mol. The second kappa shape index (κ2) is 6.40. The van der Waals surface area contributed by atoms with Crippen molar-refractivity contribution in [1.82, 2.24) is 15.3 Å². The van der Waals surface area contributed by atoms with Crippen LogP contribution in [0.25, 0.3) is 0 Å². The van der Waals surface area contributed by atoms with Gasteiger partial charge in [-0.05, 0) is 37.5 Å². The molecule has 1 saturated heterocycles. The summed E-state index contributed by atoms with van der Waals surface area (Å²) in [7, 11) is 0. The quantitative estimate of drug-likeness (QED) is 0.871. The van der Waals surface area contributed by atoms with E-state index in [4.69, 9.17) is 0 Å². The van der Waals surface area contributed by atoms with Gasteiger partial charge in [-0.2, -0.15) is 0 Å². The summed E-state index contributed by atoms with van der Waals surface area (Å²) < 4.78 is 0. The van der Waals surface area contributed by atoms with E-state index < -0.39 is 11.5 Å². The number of carbonyl (C=O) groups is 2. The Kier molecular flexibility index (Phi) is 4.06. The molecule has 2 N–H and O–H groups in total. The first kappa shape index (κ1) is 16.5. The minimum absolute atomic E-state index is 0.0177. The van der Waals surface area contributed by atoms with E-state index in [1.165, 1.54) is 6.20 Å². The minimum Gasteiger partial charge on any atom is -0.347 e. The summed E-state index contributed by atoms with van der Waals surface area (Å²) in [6.45, 7) is 2.35. The Labute approximate surface area is 150 Å². The number of rotatable bonds is 4. The van der Waals surface area contributed by atoms with Crippen LogP contribution in [0, 0.1) is 6.92 Å². The fourth-order valence-corrected chi connectivity index (χ4v) is 3.25. The number of aromatic nitrogens is 2. The summed E-state index contributed by atoms with van der Waals surface area (Å²) in [5.74, 6) is 0.422. The van der Waals surface area contributed by atoms with Crippen LogP contribution in [0.15, 0.2) is 35.3 Å². The summed E-state index contributed by atoms with van der Waals surface area (Å²) in [6, 6.07) is 7.34. The highest BCUT2D eigenvalue weighted by molar-refractivity contribution is 5.98. The van der Waals surface area contributed by atoms with E-state index in [1.807, 2.05) is 31.2 Å². The molecule has 7 nitrogen and oxygen atoms in total. The molecule has 0 unspecified atom stereocenters. The van der Waals surface area contributed by atoms with Crippen LogP contribution in [-0.2, 0) is 4.79 Å². The number of aryl methyl sites for hydroxylation is 1. The Morgan fingerprint density at radius 1 is 1.31 bits per heavy atom. The lowest BCUT2D eigenvalue weighted by atomic mass is 10.2. The maximum absolute atomic E-state index is 12.4. The number of nitrogens with zero attached hydrogens (tertiary/aromatic N) is 2. The average Bonchev–Trinajstić information content (AvgIpc) is 3.38. The van der Waals surface area contributed by atoms with E-state index >= 15 is 0 Å². The van der Waals surface area contributed by atoms with Crippen LogP contribution in [0.4, 0.5) is 5.69 Å². The predicted molar refractivity (Wildman–Crippen MR) is 96.2 cm³/mol. The molecule has 0 spiro atoms. The Balaban J connectivity index is 1.45. The number of H-pyrrole nitrogens is 1. The standard InChI is InChI=1S/C19H20N4O3/c1-11-3-2-4-14(7-11)23-10-13(8-16(23)24)21-18(25)15-9-20-17(12-5-6-12)22-19(15)26/h2-4,7,9,12-13H,5-6,8,10H2,1H3,(H,21,25)(H,20,22,26)/t13-/m0/s1. The molecule has 2 fully saturated rings. The van der Waals surface area contributed by atoms with Gasteiger partial charge in [-0.25, -0.2) is 4.98 Å². The third-order valence-electron chi connectivity index (χ3n) is 4.80. The number of nitrogens with one attached hydrogen (secondary N) is 2. The molecule has 1 saturated carbocycles. The van der Waals surface area contributed by atoms with Crippen LogP contribution in [0.5, 0.6) is 0 Å². The van der Waals surface area contributed by atoms with E-state index in [0.29, 0.717) is 18.3 Å². The molecular formula is C19H20N4O3. The molecule has 1 aromatic heterocycles. The molecule has 0 bridgehead atoms. The fraction of sp³-hybridized carbons (Fsp3) is 0.368. The third kappa shape index (κ3) is 3.24. The van der Waals surface area contributed by atoms with Crippen LogP contribution in [0.3, 0.4) is 0 Å². The molecule has 1 atom stereocenters. The van der Waals surface area contributed by atoms with Crippen LogP contribution in [0.2, 0.25) is 0 Å². The molecule has 1 aliphatic heterocycles. The number of anilines is 1. The maximum Gasteiger partial charge on any atom is 0.263 e. The Bertz CT molecular complexity index is 932. The van der Waals surface area contributed by atoms with Crippen molar-refractivity contribution < 1.29 is 9.59 Å². The van der Waals surface area contributed by atoms with Gasteiger partial charge in [0, 0.05) is 30.8 Å². The molecule has 2 amide bonds. The van der Waals surface area contributed by atoms with Crippen molar-refractivity contribution in [2.75, 3.05) is 11.4 Å². The van der Waals surface area contributed by atoms with Gasteiger partial charge in [0.05, 0.1) is 6.04 Å². The highest BCUT2D eigenvalue weighted by Crippen LogP contribution is 2.37. The third-order valence-corrected chi connectivity index (χ3v) is 4.80. The van der Waals surface area contributed by atoms with Crippen LogP contribution >= 0.6 is 0 Å². The first-order valence-corrected chi connectivity index (χ1v) is 8.78. The normalized spacial score (nSPS) is 19.7. The molecule has 2 aromatic rings. The van der Waals surface area contributed by atoms with Gasteiger partial charge in [0.25, 0.3) is 11.5 Å². The second-order valence-electron chi connectivity index (χ2n) is 7.00. The molecule has 2 aliphatic rings. The summed E-state index contributed by atoms with van der Waals surface area (Å²) in [5, 5.41) is 2.78. The molecule has 1 aliphatic carbocycles. The maximum atomic E-state index is 12.4. The number of aromatic amines is 1. The molecule has 4 rings (SSSR count). The summed E-state index contributed by atoms with van der Waals surface area (Å²) in [5.41, 5.74) is 1.44. The topological polar surface area (TPSA) is 95.2 Å². The number of amides is 2. The lowest BCUT2D eigenvalue weighted by Crippen LogP contribution is -2.39. The van der Waals surface area contributed by atoms with E-state index in [2.05, 4.69) is 15.3 Å². The monoisotopic (exact) mass is 352 g/mol. The van der Waals surface area contributed by atoms with E-state index in [9.17, 15) is 14.4 Å². The molecule has 0 radical (unpaired) electrons. The van der Waals surface area contributed by atoms with Crippen molar-refractivity contribution in [3.05, 3.63) is 57.8 Å². The van der Waals surface area contributed by atoms with Gasteiger partial charge in [0.15, 0.2) is 0 Å². The van der Waals surface area contributed by atoms with Gasteiger partial charge < -0.3 is 15.2 Å². The molecule has 1 aromatic carbocycles. The zero-order chi connectivity index (χ0) is 18.3. The second-order valence-corrected chi connectivity index (χ2v) is 7.00. The zero-order valence-electron chi connectivity index (χ0n) is 14.5. The molecule has 134 valence electrons. The zero-order valence-corrected chi connectivity index (χ0v) is 14.5. The van der Waals surface area contributed by atoms with Crippen LogP contribution < -0.4 is 15.8 Å². The predicted octanol–water partition coefficient (Wildman–Crippen LogP) is 1.49. The lowest BCUT2D eigenvalue weighted by molar-refractivity contribution is -0.117. The van der Waals surface area contributed by atoms with Gasteiger partial charge in [-0.3, -0.25) is 14.4 Å². The van der Waals surface area contributed by atoms with E-state index in [1.54, 1.807) is 4.90 Å². The first-order chi connectivity index (χ1) is 12.5. The average molecular weight is 352 g/mol. The molecule has 26 heavy (non-hydrogen) atoms. The van der Waals surface area contributed by atoms with Crippen molar-refractivity contribution in [2.24, 2.45) is 0 Å². The van der Waals surface area contributed by atoms with Gasteiger partial charge in [-0.1, -0.05) is 12.1 Å². The van der Waals surface area contributed by atoms with Crippen molar-refractivity contribution in [1.29, 1.82) is 0 Å². The van der Waals surface area contributed by atoms with Crippen LogP contribution in [-0.4, -0.2) is 34.4 Å². The number of benzene rings is 1. The number of hydrogen-bond donors (Lipinski definition) is 2. The van der Waals surface area contributed by atoms with Gasteiger partial charge in [0.2, 0.25) is 5.91 Å². The van der Waals surface area contributed by atoms with Crippen LogP contribution in [0.1, 0.15) is 46.9 Å².